The number of hydrogen-bond acceptors (Lipinski definition) is 4. The topological polar surface area (TPSA) is 91.3 Å². The number of nitrogens with one attached hydrogen (secondary N) is 2. The van der Waals surface area contributed by atoms with Gasteiger partial charge in [0.1, 0.15) is 4.88 Å². The van der Waals surface area contributed by atoms with Crippen molar-refractivity contribution in [1.82, 2.24) is 10.3 Å². The molecular formula is C11H17N3O3S. The van der Waals surface area contributed by atoms with Crippen LogP contribution in [0.3, 0.4) is 0 Å². The number of nitrogens with zero attached hydrogens (tertiary/aromatic N) is 1. The van der Waals surface area contributed by atoms with E-state index in [1.54, 1.807) is 6.92 Å². The Bertz CT molecular complexity index is 456. The van der Waals surface area contributed by atoms with E-state index in [2.05, 4.69) is 15.6 Å². The van der Waals surface area contributed by atoms with E-state index in [0.717, 1.165) is 11.3 Å². The maximum absolute atomic E-state index is 12.0. The van der Waals surface area contributed by atoms with E-state index in [-0.39, 0.29) is 17.1 Å². The van der Waals surface area contributed by atoms with E-state index in [4.69, 9.17) is 5.11 Å². The van der Waals surface area contributed by atoms with Gasteiger partial charge in [0, 0.05) is 6.04 Å². The van der Waals surface area contributed by atoms with E-state index < -0.39 is 6.09 Å². The number of aromatic nitrogens is 1. The van der Waals surface area contributed by atoms with Crippen LogP contribution in [0.5, 0.6) is 0 Å². The standard InChI is InChI=1S/C11H17N3O3S/c1-5(2)6(3)12-9(15)8-7(4)13-10(18-8)14-11(16)17/h5-6H,1-4H3,(H,12,15)(H,13,14)(H,16,17). The third-order valence-electron chi connectivity index (χ3n) is 2.58. The molecule has 1 aromatic rings. The molecule has 0 saturated heterocycles. The molecule has 7 heteroatoms. The Labute approximate surface area is 109 Å². The largest absolute Gasteiger partial charge is 0.465 e. The van der Waals surface area contributed by atoms with Gasteiger partial charge in [-0.25, -0.2) is 9.78 Å². The zero-order valence-electron chi connectivity index (χ0n) is 10.8. The van der Waals surface area contributed by atoms with Crippen molar-refractivity contribution in [2.75, 3.05) is 5.32 Å². The fourth-order valence-corrected chi connectivity index (χ4v) is 2.05. The van der Waals surface area contributed by atoms with Crippen molar-refractivity contribution < 1.29 is 14.7 Å². The summed E-state index contributed by atoms with van der Waals surface area (Å²) in [5.41, 5.74) is 0.525. The van der Waals surface area contributed by atoms with Gasteiger partial charge in [0.25, 0.3) is 5.91 Å². The number of carbonyl (C=O) groups is 2. The average Bonchev–Trinajstić information content (AvgIpc) is 2.57. The molecule has 0 aliphatic carbocycles. The van der Waals surface area contributed by atoms with Gasteiger partial charge in [-0.15, -0.1) is 0 Å². The van der Waals surface area contributed by atoms with Gasteiger partial charge in [-0.3, -0.25) is 10.1 Å². The lowest BCUT2D eigenvalue weighted by Gasteiger charge is -2.16. The van der Waals surface area contributed by atoms with Crippen molar-refractivity contribution in [2.45, 2.75) is 33.7 Å². The second-order valence-electron chi connectivity index (χ2n) is 4.37. The van der Waals surface area contributed by atoms with Gasteiger partial charge in [-0.1, -0.05) is 25.2 Å². The van der Waals surface area contributed by atoms with Crippen LogP contribution in [-0.4, -0.2) is 28.1 Å². The first-order valence-corrected chi connectivity index (χ1v) is 6.41. The molecule has 3 N–H and O–H groups in total. The summed E-state index contributed by atoms with van der Waals surface area (Å²) in [5.74, 6) is 0.114. The van der Waals surface area contributed by atoms with Crippen LogP contribution in [0.1, 0.15) is 36.1 Å². The van der Waals surface area contributed by atoms with Crippen LogP contribution in [0, 0.1) is 12.8 Å². The summed E-state index contributed by atoms with van der Waals surface area (Å²) in [6.07, 6.45) is -1.19. The molecular weight excluding hydrogens is 254 g/mol. The van der Waals surface area contributed by atoms with Gasteiger partial charge >= 0.3 is 6.09 Å². The lowest BCUT2D eigenvalue weighted by molar-refractivity contribution is 0.0934. The lowest BCUT2D eigenvalue weighted by atomic mass is 10.1. The molecule has 6 nitrogen and oxygen atoms in total. The fraction of sp³-hybridized carbons (Fsp3) is 0.545. The molecule has 0 radical (unpaired) electrons. The Morgan fingerprint density at radius 3 is 2.44 bits per heavy atom. The van der Waals surface area contributed by atoms with Crippen LogP contribution < -0.4 is 10.6 Å². The molecule has 18 heavy (non-hydrogen) atoms. The molecule has 0 spiro atoms. The molecule has 100 valence electrons. The summed E-state index contributed by atoms with van der Waals surface area (Å²) in [7, 11) is 0. The molecule has 0 saturated carbocycles. The fourth-order valence-electron chi connectivity index (χ4n) is 1.19. The van der Waals surface area contributed by atoms with Crippen molar-refractivity contribution in [2.24, 2.45) is 5.92 Å². The maximum Gasteiger partial charge on any atom is 0.410 e. The minimum absolute atomic E-state index is 0.0508. The number of carbonyl (C=O) groups excluding carboxylic acids is 1. The Morgan fingerprint density at radius 2 is 1.94 bits per heavy atom. The van der Waals surface area contributed by atoms with Crippen LogP contribution >= 0.6 is 11.3 Å². The minimum Gasteiger partial charge on any atom is -0.465 e. The highest BCUT2D eigenvalue weighted by atomic mass is 32.1. The van der Waals surface area contributed by atoms with Crippen LogP contribution in [0.4, 0.5) is 9.93 Å². The van der Waals surface area contributed by atoms with Crippen molar-refractivity contribution in [1.29, 1.82) is 0 Å². The Balaban J connectivity index is 2.80. The average molecular weight is 271 g/mol. The van der Waals surface area contributed by atoms with Gasteiger partial charge in [0.15, 0.2) is 5.13 Å². The third kappa shape index (κ3) is 3.69. The number of rotatable bonds is 4. The van der Waals surface area contributed by atoms with Crippen molar-refractivity contribution in [3.63, 3.8) is 0 Å². The smallest absolute Gasteiger partial charge is 0.410 e. The highest BCUT2D eigenvalue weighted by Crippen LogP contribution is 2.22. The molecule has 1 aromatic heterocycles. The summed E-state index contributed by atoms with van der Waals surface area (Å²) in [4.78, 5) is 26.9. The quantitative estimate of drug-likeness (QED) is 0.783. The van der Waals surface area contributed by atoms with Gasteiger partial charge < -0.3 is 10.4 Å². The minimum atomic E-state index is -1.19. The molecule has 0 aromatic carbocycles. The van der Waals surface area contributed by atoms with Gasteiger partial charge in [-0.2, -0.15) is 0 Å². The third-order valence-corrected chi connectivity index (χ3v) is 3.65. The predicted octanol–water partition coefficient (Wildman–Crippen LogP) is 2.32. The van der Waals surface area contributed by atoms with Gasteiger partial charge in [0.2, 0.25) is 0 Å². The van der Waals surface area contributed by atoms with Crippen LogP contribution in [-0.2, 0) is 0 Å². The highest BCUT2D eigenvalue weighted by Gasteiger charge is 2.18. The SMILES string of the molecule is Cc1nc(NC(=O)O)sc1C(=O)NC(C)C(C)C. The first-order valence-electron chi connectivity index (χ1n) is 5.59. The molecule has 0 fully saturated rings. The van der Waals surface area contributed by atoms with Crippen molar-refractivity contribution in [3.05, 3.63) is 10.6 Å². The molecule has 0 aliphatic rings. The first kappa shape index (κ1) is 14.4. The van der Waals surface area contributed by atoms with E-state index in [1.807, 2.05) is 20.8 Å². The summed E-state index contributed by atoms with van der Waals surface area (Å²) >= 11 is 1.03. The molecule has 1 rings (SSSR count). The first-order chi connectivity index (χ1) is 8.31. The highest BCUT2D eigenvalue weighted by molar-refractivity contribution is 7.17. The second-order valence-corrected chi connectivity index (χ2v) is 5.37. The lowest BCUT2D eigenvalue weighted by Crippen LogP contribution is -2.35. The van der Waals surface area contributed by atoms with E-state index in [9.17, 15) is 9.59 Å². The van der Waals surface area contributed by atoms with Gasteiger partial charge in [0.05, 0.1) is 5.69 Å². The summed E-state index contributed by atoms with van der Waals surface area (Å²) in [5, 5.41) is 13.8. The summed E-state index contributed by atoms with van der Waals surface area (Å²) in [6, 6.07) is 0.0508. The summed E-state index contributed by atoms with van der Waals surface area (Å²) in [6.45, 7) is 7.64. The number of hydrogen-bond donors (Lipinski definition) is 3. The zero-order chi connectivity index (χ0) is 13.9. The zero-order valence-corrected chi connectivity index (χ0v) is 11.6. The van der Waals surface area contributed by atoms with Gasteiger partial charge in [-0.05, 0) is 19.8 Å². The van der Waals surface area contributed by atoms with Crippen LogP contribution in [0.15, 0.2) is 0 Å². The van der Waals surface area contributed by atoms with E-state index in [0.29, 0.717) is 16.5 Å². The Morgan fingerprint density at radius 1 is 1.33 bits per heavy atom. The Hall–Kier alpha value is -1.63. The number of thiazole rings is 1. The molecule has 1 heterocycles. The van der Waals surface area contributed by atoms with Crippen molar-refractivity contribution in [3.8, 4) is 0 Å². The molecule has 0 bridgehead atoms. The summed E-state index contributed by atoms with van der Waals surface area (Å²) < 4.78 is 0. The monoisotopic (exact) mass is 271 g/mol. The molecule has 2 amide bonds. The number of anilines is 1. The molecule has 1 atom stereocenters. The number of aryl methyl sites for hydroxylation is 1. The molecule has 0 aliphatic heterocycles. The molecule has 1 unspecified atom stereocenters. The Kier molecular flexibility index (Phi) is 4.66. The van der Waals surface area contributed by atoms with Crippen LogP contribution in [0.25, 0.3) is 0 Å². The maximum atomic E-state index is 12.0. The van der Waals surface area contributed by atoms with E-state index >= 15 is 0 Å². The number of carboxylic acid groups (broad SMARTS) is 1. The van der Waals surface area contributed by atoms with Crippen molar-refractivity contribution >= 4 is 28.5 Å². The van der Waals surface area contributed by atoms with E-state index in [1.165, 1.54) is 0 Å². The predicted molar refractivity (Wildman–Crippen MR) is 70.3 cm³/mol. The second kappa shape index (κ2) is 5.81. The normalized spacial score (nSPS) is 12.3. The number of amides is 2. The van der Waals surface area contributed by atoms with Crippen LogP contribution in [0.2, 0.25) is 0 Å².